The second-order valence-corrected chi connectivity index (χ2v) is 7.73. The van der Waals surface area contributed by atoms with Crippen LogP contribution < -0.4 is 0 Å². The highest BCUT2D eigenvalue weighted by Gasteiger charge is 2.44. The number of carbonyl (C=O) groups is 2. The molecule has 2 amide bonds. The summed E-state index contributed by atoms with van der Waals surface area (Å²) < 4.78 is 0. The molecule has 1 aromatic heterocycles. The van der Waals surface area contributed by atoms with Crippen molar-refractivity contribution in [1.29, 1.82) is 0 Å². The molecule has 0 radical (unpaired) electrons. The van der Waals surface area contributed by atoms with E-state index < -0.39 is 0 Å². The lowest BCUT2D eigenvalue weighted by molar-refractivity contribution is -0.148. The Morgan fingerprint density at radius 2 is 1.82 bits per heavy atom. The van der Waals surface area contributed by atoms with Gasteiger partial charge in [-0.3, -0.25) is 14.6 Å². The molecule has 5 nitrogen and oxygen atoms in total. The molecule has 0 N–H and O–H groups in total. The van der Waals surface area contributed by atoms with Crippen LogP contribution in [0.25, 0.3) is 0 Å². The number of rotatable bonds is 6. The van der Waals surface area contributed by atoms with Crippen LogP contribution in [0.15, 0.2) is 54.9 Å². The lowest BCUT2D eigenvalue weighted by Crippen LogP contribution is -2.49. The molecule has 2 fully saturated rings. The number of hydrogen-bond acceptors (Lipinski definition) is 3. The van der Waals surface area contributed by atoms with Gasteiger partial charge < -0.3 is 9.80 Å². The summed E-state index contributed by atoms with van der Waals surface area (Å²) >= 11 is 0. The van der Waals surface area contributed by atoms with Crippen molar-refractivity contribution in [3.8, 4) is 0 Å². The lowest BCUT2D eigenvalue weighted by Gasteiger charge is -2.42. The van der Waals surface area contributed by atoms with Gasteiger partial charge in [0, 0.05) is 37.9 Å². The third-order valence-corrected chi connectivity index (χ3v) is 5.88. The molecule has 1 aliphatic heterocycles. The second kappa shape index (κ2) is 8.13. The van der Waals surface area contributed by atoms with Crippen molar-refractivity contribution in [2.24, 2.45) is 5.92 Å². The Morgan fingerprint density at radius 1 is 1.11 bits per heavy atom. The van der Waals surface area contributed by atoms with Gasteiger partial charge in [-0.25, -0.2) is 0 Å². The van der Waals surface area contributed by atoms with E-state index in [0.717, 1.165) is 24.0 Å². The first-order chi connectivity index (χ1) is 13.7. The second-order valence-electron chi connectivity index (χ2n) is 7.73. The Bertz CT molecular complexity index is 820. The van der Waals surface area contributed by atoms with Gasteiger partial charge in [0.2, 0.25) is 11.8 Å². The standard InChI is InChI=1S/C23H27N3O2/c1-2-25-21(27)11-10-20(22(25)18-6-4-3-5-7-18)23(28)26(19-8-9-19)16-17-12-14-24-15-13-17/h3-7,12-15,19-20,22H,2,8-11,16H2,1H3/t20-,22+/m1/s1. The predicted octanol–water partition coefficient (Wildman–Crippen LogP) is 3.57. The molecular formula is C23H27N3O2. The quantitative estimate of drug-likeness (QED) is 0.773. The number of nitrogens with zero attached hydrogens (tertiary/aromatic N) is 3. The Kier molecular flexibility index (Phi) is 5.42. The molecule has 1 saturated carbocycles. The third kappa shape index (κ3) is 3.79. The fourth-order valence-corrected chi connectivity index (χ4v) is 4.32. The van der Waals surface area contributed by atoms with Crippen LogP contribution in [0.4, 0.5) is 0 Å². The van der Waals surface area contributed by atoms with Gasteiger partial charge in [0.1, 0.15) is 0 Å². The van der Waals surface area contributed by atoms with E-state index in [-0.39, 0.29) is 23.8 Å². The number of aromatic nitrogens is 1. The molecule has 146 valence electrons. The lowest BCUT2D eigenvalue weighted by atomic mass is 9.83. The average Bonchev–Trinajstić information content (AvgIpc) is 3.58. The minimum absolute atomic E-state index is 0.146. The van der Waals surface area contributed by atoms with Gasteiger partial charge in [-0.1, -0.05) is 30.3 Å². The summed E-state index contributed by atoms with van der Waals surface area (Å²) in [7, 11) is 0. The Balaban J connectivity index is 1.63. The van der Waals surface area contributed by atoms with Gasteiger partial charge in [-0.05, 0) is 49.4 Å². The van der Waals surface area contributed by atoms with Crippen LogP contribution in [-0.4, -0.2) is 39.2 Å². The predicted molar refractivity (Wildman–Crippen MR) is 107 cm³/mol. The van der Waals surface area contributed by atoms with E-state index >= 15 is 0 Å². The smallest absolute Gasteiger partial charge is 0.228 e. The van der Waals surface area contributed by atoms with Crippen molar-refractivity contribution in [1.82, 2.24) is 14.8 Å². The van der Waals surface area contributed by atoms with Crippen molar-refractivity contribution < 1.29 is 9.59 Å². The first kappa shape index (κ1) is 18.7. The van der Waals surface area contributed by atoms with Crippen LogP contribution in [-0.2, 0) is 16.1 Å². The molecular weight excluding hydrogens is 350 g/mol. The number of pyridine rings is 1. The zero-order valence-electron chi connectivity index (χ0n) is 16.3. The molecule has 0 bridgehead atoms. The molecule has 2 heterocycles. The summed E-state index contributed by atoms with van der Waals surface area (Å²) in [6.07, 6.45) is 6.74. The molecule has 1 saturated heterocycles. The maximum atomic E-state index is 13.7. The van der Waals surface area contributed by atoms with Crippen molar-refractivity contribution in [3.05, 3.63) is 66.0 Å². The molecule has 1 aromatic carbocycles. The van der Waals surface area contributed by atoms with E-state index in [2.05, 4.69) is 4.98 Å². The normalized spacial score (nSPS) is 22.2. The van der Waals surface area contributed by atoms with Crippen molar-refractivity contribution >= 4 is 11.8 Å². The molecule has 2 aromatic rings. The van der Waals surface area contributed by atoms with Gasteiger partial charge >= 0.3 is 0 Å². The molecule has 28 heavy (non-hydrogen) atoms. The summed E-state index contributed by atoms with van der Waals surface area (Å²) in [6, 6.07) is 14.1. The van der Waals surface area contributed by atoms with Gasteiger partial charge in [0.25, 0.3) is 0 Å². The van der Waals surface area contributed by atoms with Crippen molar-refractivity contribution in [3.63, 3.8) is 0 Å². The Hall–Kier alpha value is -2.69. The van der Waals surface area contributed by atoms with Gasteiger partial charge in [-0.15, -0.1) is 0 Å². The van der Waals surface area contributed by atoms with Gasteiger partial charge in [0.05, 0.1) is 12.0 Å². The van der Waals surface area contributed by atoms with Crippen LogP contribution in [0.5, 0.6) is 0 Å². The molecule has 1 aliphatic carbocycles. The number of piperidine rings is 1. The fourth-order valence-electron chi connectivity index (χ4n) is 4.32. The highest BCUT2D eigenvalue weighted by atomic mass is 16.2. The van der Waals surface area contributed by atoms with Crippen LogP contribution in [0.3, 0.4) is 0 Å². The molecule has 2 aliphatic rings. The molecule has 0 unspecified atom stereocenters. The van der Waals surface area contributed by atoms with E-state index in [1.54, 1.807) is 12.4 Å². The van der Waals surface area contributed by atoms with Gasteiger partial charge in [-0.2, -0.15) is 0 Å². The fraction of sp³-hybridized carbons (Fsp3) is 0.435. The minimum Gasteiger partial charge on any atom is -0.335 e. The number of likely N-dealkylation sites (tertiary alicyclic amines) is 1. The largest absolute Gasteiger partial charge is 0.335 e. The summed E-state index contributed by atoms with van der Waals surface area (Å²) in [5.41, 5.74) is 2.15. The van der Waals surface area contributed by atoms with Crippen molar-refractivity contribution in [2.75, 3.05) is 6.54 Å². The van der Waals surface area contributed by atoms with Crippen LogP contribution >= 0.6 is 0 Å². The monoisotopic (exact) mass is 377 g/mol. The van der Waals surface area contributed by atoms with E-state index in [1.165, 1.54) is 0 Å². The van der Waals surface area contributed by atoms with Crippen molar-refractivity contribution in [2.45, 2.75) is 51.2 Å². The van der Waals surface area contributed by atoms with E-state index in [4.69, 9.17) is 0 Å². The number of carbonyl (C=O) groups excluding carboxylic acids is 2. The molecule has 2 atom stereocenters. The zero-order valence-corrected chi connectivity index (χ0v) is 16.3. The zero-order chi connectivity index (χ0) is 19.5. The number of amides is 2. The van der Waals surface area contributed by atoms with Crippen LogP contribution in [0.2, 0.25) is 0 Å². The van der Waals surface area contributed by atoms with E-state index in [0.29, 0.717) is 32.0 Å². The minimum atomic E-state index is -0.192. The average molecular weight is 377 g/mol. The highest BCUT2D eigenvalue weighted by Crippen LogP contribution is 2.40. The maximum absolute atomic E-state index is 13.7. The first-order valence-electron chi connectivity index (χ1n) is 10.2. The topological polar surface area (TPSA) is 53.5 Å². The highest BCUT2D eigenvalue weighted by molar-refractivity contribution is 5.85. The van der Waals surface area contributed by atoms with E-state index in [9.17, 15) is 9.59 Å². The Labute approximate surface area is 166 Å². The first-order valence-corrected chi connectivity index (χ1v) is 10.2. The maximum Gasteiger partial charge on any atom is 0.228 e. The van der Waals surface area contributed by atoms with E-state index in [1.807, 2.05) is 59.2 Å². The third-order valence-electron chi connectivity index (χ3n) is 5.88. The molecule has 5 heteroatoms. The SMILES string of the molecule is CCN1C(=O)CC[C@@H](C(=O)N(Cc2ccncc2)C2CC2)[C@@H]1c1ccccc1. The molecule has 4 rings (SSSR count). The van der Waals surface area contributed by atoms with Crippen LogP contribution in [0.1, 0.15) is 49.8 Å². The summed E-state index contributed by atoms with van der Waals surface area (Å²) in [5, 5.41) is 0. The number of hydrogen-bond donors (Lipinski definition) is 0. The summed E-state index contributed by atoms with van der Waals surface area (Å²) in [5.74, 6) is 0.133. The summed E-state index contributed by atoms with van der Waals surface area (Å²) in [4.78, 5) is 34.3. The van der Waals surface area contributed by atoms with Crippen LogP contribution in [0, 0.1) is 5.92 Å². The Morgan fingerprint density at radius 3 is 2.46 bits per heavy atom. The van der Waals surface area contributed by atoms with Gasteiger partial charge in [0.15, 0.2) is 0 Å². The molecule has 0 spiro atoms. The number of benzene rings is 1. The summed E-state index contributed by atoms with van der Waals surface area (Å²) in [6.45, 7) is 3.23.